The average Bonchev–Trinajstić information content (AvgIpc) is 3.58. The van der Waals surface area contributed by atoms with Gasteiger partial charge in [0, 0.05) is 43.1 Å². The highest BCUT2D eigenvalue weighted by atomic mass is 16.5. The van der Waals surface area contributed by atoms with Crippen LogP contribution in [0, 0.1) is 6.92 Å². The van der Waals surface area contributed by atoms with Crippen LogP contribution in [-0.4, -0.2) is 60.3 Å². The van der Waals surface area contributed by atoms with Crippen LogP contribution in [0.4, 0.5) is 5.69 Å². The summed E-state index contributed by atoms with van der Waals surface area (Å²) in [7, 11) is 1.70. The van der Waals surface area contributed by atoms with E-state index >= 15 is 0 Å². The van der Waals surface area contributed by atoms with Gasteiger partial charge in [0.2, 0.25) is 0 Å². The van der Waals surface area contributed by atoms with E-state index in [4.69, 9.17) is 9.47 Å². The number of piperazine rings is 1. The molecule has 36 heavy (non-hydrogen) atoms. The molecule has 1 saturated heterocycles. The van der Waals surface area contributed by atoms with Crippen molar-refractivity contribution in [1.29, 1.82) is 0 Å². The Morgan fingerprint density at radius 2 is 1.89 bits per heavy atom. The first kappa shape index (κ1) is 24.4. The lowest BCUT2D eigenvalue weighted by Crippen LogP contribution is -2.55. The molecule has 1 saturated carbocycles. The molecular weight excluding hydrogens is 452 g/mol. The third kappa shape index (κ3) is 5.41. The van der Waals surface area contributed by atoms with Crippen LogP contribution in [0.3, 0.4) is 0 Å². The van der Waals surface area contributed by atoms with Crippen LogP contribution >= 0.6 is 0 Å². The lowest BCUT2D eigenvalue weighted by molar-refractivity contribution is -0.113. The van der Waals surface area contributed by atoms with Crippen LogP contribution in [0.5, 0.6) is 11.5 Å². The summed E-state index contributed by atoms with van der Waals surface area (Å²) in [6.45, 7) is 4.34. The van der Waals surface area contributed by atoms with Gasteiger partial charge in [-0.2, -0.15) is 5.10 Å². The van der Waals surface area contributed by atoms with Gasteiger partial charge in [0.1, 0.15) is 12.3 Å². The van der Waals surface area contributed by atoms with Gasteiger partial charge in [0.15, 0.2) is 11.5 Å². The summed E-state index contributed by atoms with van der Waals surface area (Å²) >= 11 is 0. The van der Waals surface area contributed by atoms with Gasteiger partial charge in [-0.3, -0.25) is 10.00 Å². The van der Waals surface area contributed by atoms with Gasteiger partial charge in [-0.25, -0.2) is 0 Å². The number of aromatic nitrogens is 2. The highest BCUT2D eigenvalue weighted by Gasteiger charge is 2.34. The molecule has 2 fully saturated rings. The van der Waals surface area contributed by atoms with Crippen LogP contribution in [0.25, 0.3) is 0 Å². The molecule has 2 aliphatic rings. The minimum atomic E-state index is -0.372. The molecule has 1 unspecified atom stereocenters. The molecule has 5 rings (SSSR count). The monoisotopic (exact) mass is 488 g/mol. The quantitative estimate of drug-likeness (QED) is 0.440. The molecule has 0 spiro atoms. The van der Waals surface area contributed by atoms with Gasteiger partial charge in [-0.15, -0.1) is 0 Å². The summed E-state index contributed by atoms with van der Waals surface area (Å²) in [5.74, 6) is 1.60. The van der Waals surface area contributed by atoms with E-state index < -0.39 is 0 Å². The number of aldehydes is 1. The fourth-order valence-electron chi connectivity index (χ4n) is 5.59. The van der Waals surface area contributed by atoms with Crippen molar-refractivity contribution in [2.24, 2.45) is 0 Å². The van der Waals surface area contributed by atoms with E-state index in [0.717, 1.165) is 73.8 Å². The standard InChI is InChI=1S/C29H36N4O3/c1-21-16-26(31-30-21)27(20-34)33-15-14-32(19-24(33)17-22-8-4-3-5-9-22)23-12-13-28(35-2)29(18-23)36-25-10-6-7-11-25/h3-5,8-9,12-13,16,18,20,24-25,27H,6-7,10-11,14-15,17,19H2,1-2H3,(H,30,31)/t24?,27-/m1/s1. The molecule has 2 atom stereocenters. The normalized spacial score (nSPS) is 19.8. The summed E-state index contributed by atoms with van der Waals surface area (Å²) < 4.78 is 12.0. The number of nitrogens with one attached hydrogen (secondary N) is 1. The highest BCUT2D eigenvalue weighted by Crippen LogP contribution is 2.36. The van der Waals surface area contributed by atoms with Crippen LogP contribution < -0.4 is 14.4 Å². The van der Waals surface area contributed by atoms with Crippen molar-refractivity contribution in [2.45, 2.75) is 57.2 Å². The number of H-pyrrole nitrogens is 1. The second-order valence-electron chi connectivity index (χ2n) is 9.94. The number of hydrogen-bond donors (Lipinski definition) is 1. The molecule has 190 valence electrons. The maximum atomic E-state index is 12.3. The first-order valence-corrected chi connectivity index (χ1v) is 13.0. The van der Waals surface area contributed by atoms with E-state index in [-0.39, 0.29) is 18.2 Å². The van der Waals surface area contributed by atoms with Gasteiger partial charge in [0.25, 0.3) is 0 Å². The molecule has 7 heteroatoms. The summed E-state index contributed by atoms with van der Waals surface area (Å²) in [6.07, 6.45) is 6.81. The molecule has 1 aromatic heterocycles. The van der Waals surface area contributed by atoms with E-state index in [9.17, 15) is 4.79 Å². The number of rotatable bonds is 9. The highest BCUT2D eigenvalue weighted by molar-refractivity contribution is 5.61. The molecule has 1 aliphatic heterocycles. The van der Waals surface area contributed by atoms with Crippen LogP contribution in [-0.2, 0) is 11.2 Å². The molecule has 0 amide bonds. The number of hydrogen-bond acceptors (Lipinski definition) is 6. The number of nitrogens with zero attached hydrogens (tertiary/aromatic N) is 3. The van der Waals surface area contributed by atoms with Crippen LogP contribution in [0.2, 0.25) is 0 Å². The van der Waals surface area contributed by atoms with Crippen molar-refractivity contribution < 1.29 is 14.3 Å². The zero-order chi connectivity index (χ0) is 24.9. The largest absolute Gasteiger partial charge is 0.493 e. The second kappa shape index (κ2) is 11.2. The number of methoxy groups -OCH3 is 1. The smallest absolute Gasteiger partial charge is 0.163 e. The number of carbonyl (C=O) groups is 1. The molecule has 1 N–H and O–H groups in total. The third-order valence-corrected chi connectivity index (χ3v) is 7.47. The Bertz CT molecular complexity index is 1140. The Kier molecular flexibility index (Phi) is 7.56. The molecule has 2 aromatic carbocycles. The van der Waals surface area contributed by atoms with E-state index in [0.29, 0.717) is 0 Å². The molecule has 2 heterocycles. The molecule has 0 radical (unpaired) electrons. The fourth-order valence-corrected chi connectivity index (χ4v) is 5.59. The van der Waals surface area contributed by atoms with Crippen molar-refractivity contribution in [3.8, 4) is 11.5 Å². The number of benzene rings is 2. The van der Waals surface area contributed by atoms with Crippen LogP contribution in [0.15, 0.2) is 54.6 Å². The summed E-state index contributed by atoms with van der Waals surface area (Å²) in [5.41, 5.74) is 4.13. The number of aromatic amines is 1. The number of anilines is 1. The lowest BCUT2D eigenvalue weighted by atomic mass is 9.98. The Balaban J connectivity index is 1.40. The first-order chi connectivity index (χ1) is 17.6. The van der Waals surface area contributed by atoms with Crippen molar-refractivity contribution in [3.63, 3.8) is 0 Å². The summed E-state index contributed by atoms with van der Waals surface area (Å²) in [6, 6.07) is 18.5. The van der Waals surface area contributed by atoms with Gasteiger partial charge in [-0.05, 0) is 62.8 Å². The molecule has 0 bridgehead atoms. The van der Waals surface area contributed by atoms with Crippen molar-refractivity contribution in [3.05, 3.63) is 71.5 Å². The SMILES string of the molecule is COc1ccc(N2CCN([C@H](C=O)c3cc(C)[nH]n3)C(Cc3ccccc3)C2)cc1OC1CCCC1. The Labute approximate surface area is 213 Å². The van der Waals surface area contributed by atoms with E-state index in [1.54, 1.807) is 7.11 Å². The van der Waals surface area contributed by atoms with E-state index in [1.807, 2.05) is 25.1 Å². The minimum Gasteiger partial charge on any atom is -0.493 e. The maximum absolute atomic E-state index is 12.3. The molecular formula is C29H36N4O3. The number of carbonyl (C=O) groups excluding carboxylic acids is 1. The van der Waals surface area contributed by atoms with Gasteiger partial charge >= 0.3 is 0 Å². The molecule has 7 nitrogen and oxygen atoms in total. The zero-order valence-corrected chi connectivity index (χ0v) is 21.2. The number of aryl methyl sites for hydroxylation is 1. The zero-order valence-electron chi connectivity index (χ0n) is 21.2. The Hall–Kier alpha value is -3.32. The predicted octanol–water partition coefficient (Wildman–Crippen LogP) is 4.72. The van der Waals surface area contributed by atoms with E-state index in [2.05, 4.69) is 56.4 Å². The van der Waals surface area contributed by atoms with Gasteiger partial charge in [0.05, 0.1) is 18.9 Å². The van der Waals surface area contributed by atoms with Crippen molar-refractivity contribution in [2.75, 3.05) is 31.6 Å². The number of ether oxygens (including phenoxy) is 2. The second-order valence-corrected chi connectivity index (χ2v) is 9.94. The van der Waals surface area contributed by atoms with E-state index in [1.165, 1.54) is 18.4 Å². The third-order valence-electron chi connectivity index (χ3n) is 7.47. The van der Waals surface area contributed by atoms with Gasteiger partial charge < -0.3 is 19.2 Å². The first-order valence-electron chi connectivity index (χ1n) is 13.0. The maximum Gasteiger partial charge on any atom is 0.163 e. The Morgan fingerprint density at radius 3 is 2.58 bits per heavy atom. The van der Waals surface area contributed by atoms with Crippen molar-refractivity contribution >= 4 is 12.0 Å². The Morgan fingerprint density at radius 1 is 1.08 bits per heavy atom. The fraction of sp³-hybridized carbons (Fsp3) is 0.448. The summed E-state index contributed by atoms with van der Waals surface area (Å²) in [4.78, 5) is 17.0. The minimum absolute atomic E-state index is 0.148. The summed E-state index contributed by atoms with van der Waals surface area (Å²) in [5, 5.41) is 7.41. The van der Waals surface area contributed by atoms with Gasteiger partial charge in [-0.1, -0.05) is 30.3 Å². The topological polar surface area (TPSA) is 70.7 Å². The van der Waals surface area contributed by atoms with Crippen LogP contribution in [0.1, 0.15) is 48.7 Å². The van der Waals surface area contributed by atoms with Crippen molar-refractivity contribution in [1.82, 2.24) is 15.1 Å². The average molecular weight is 489 g/mol. The predicted molar refractivity (Wildman–Crippen MR) is 141 cm³/mol. The molecule has 1 aliphatic carbocycles. The lowest BCUT2D eigenvalue weighted by Gasteiger charge is -2.44. The molecule has 3 aromatic rings.